The quantitative estimate of drug-likeness (QED) is 0.483. The molecule has 0 aliphatic carbocycles. The molecule has 0 atom stereocenters. The van der Waals surface area contributed by atoms with Gasteiger partial charge in [-0.25, -0.2) is 0 Å². The Balaban J connectivity index is 2.28. The van der Waals surface area contributed by atoms with Crippen LogP contribution in [0, 0.1) is 0 Å². The van der Waals surface area contributed by atoms with E-state index in [4.69, 9.17) is 9.47 Å². The van der Waals surface area contributed by atoms with Crippen LogP contribution in [0.5, 0.6) is 5.75 Å². The van der Waals surface area contributed by atoms with Crippen LogP contribution < -0.4 is 9.64 Å². The molecule has 1 aromatic carbocycles. The van der Waals surface area contributed by atoms with E-state index in [1.165, 1.54) is 11.8 Å². The Bertz CT molecular complexity index is 705. The number of Topliss-reactive ketones (excluding diaryl/α,β-unsaturated/α-hetero) is 1. The molecule has 1 amide bonds. The third-order valence-corrected chi connectivity index (χ3v) is 3.54. The number of carbonyl (C=O) groups is 3. The second-order valence-electron chi connectivity index (χ2n) is 5.87. The molecule has 23 heavy (non-hydrogen) atoms. The van der Waals surface area contributed by atoms with Crippen LogP contribution in [0.15, 0.2) is 30.4 Å². The average molecular weight is 317 g/mol. The number of hydrogen-bond acceptors (Lipinski definition) is 5. The lowest BCUT2D eigenvalue weighted by Crippen LogP contribution is -2.50. The Kier molecular flexibility index (Phi) is 4.27. The van der Waals surface area contributed by atoms with E-state index in [-0.39, 0.29) is 23.9 Å². The summed E-state index contributed by atoms with van der Waals surface area (Å²) in [6, 6.07) is 4.81. The molecule has 122 valence electrons. The van der Waals surface area contributed by atoms with Gasteiger partial charge in [-0.1, -0.05) is 6.58 Å². The van der Waals surface area contributed by atoms with Crippen LogP contribution in [0.3, 0.4) is 0 Å². The Morgan fingerprint density at radius 2 is 2.00 bits per heavy atom. The van der Waals surface area contributed by atoms with Crippen LogP contribution in [0.2, 0.25) is 0 Å². The molecule has 0 spiro atoms. The highest BCUT2D eigenvalue weighted by molar-refractivity contribution is 6.10. The van der Waals surface area contributed by atoms with Crippen molar-refractivity contribution in [3.63, 3.8) is 0 Å². The number of hydrogen-bond donors (Lipinski definition) is 0. The summed E-state index contributed by atoms with van der Waals surface area (Å²) in [5.74, 6) is -0.531. The summed E-state index contributed by atoms with van der Waals surface area (Å²) in [6.07, 6.45) is 0. The number of ether oxygens (including phenoxy) is 2. The molecule has 0 saturated carbocycles. The van der Waals surface area contributed by atoms with Gasteiger partial charge in [0.25, 0.3) is 5.91 Å². The van der Waals surface area contributed by atoms with E-state index in [1.54, 1.807) is 39.1 Å². The van der Waals surface area contributed by atoms with Crippen molar-refractivity contribution in [3.8, 4) is 5.75 Å². The van der Waals surface area contributed by atoms with Crippen molar-refractivity contribution in [3.05, 3.63) is 35.9 Å². The van der Waals surface area contributed by atoms with Gasteiger partial charge < -0.3 is 14.4 Å². The van der Waals surface area contributed by atoms with Crippen LogP contribution >= 0.6 is 0 Å². The fraction of sp³-hybridized carbons (Fsp3) is 0.353. The molecular formula is C17H19NO5. The largest absolute Gasteiger partial charge is 0.476 e. The van der Waals surface area contributed by atoms with Crippen LogP contribution in [0.1, 0.15) is 31.1 Å². The SMILES string of the molecule is C=C(COC(C)=O)C(=O)c1ccc2c(c1)OC(C)(C)C(=O)N2C. The van der Waals surface area contributed by atoms with Crippen molar-refractivity contribution in [2.75, 3.05) is 18.6 Å². The predicted octanol–water partition coefficient (Wildman–Crippen LogP) is 2.12. The second kappa shape index (κ2) is 5.87. The fourth-order valence-electron chi connectivity index (χ4n) is 2.30. The third kappa shape index (κ3) is 3.26. The topological polar surface area (TPSA) is 72.9 Å². The standard InChI is InChI=1S/C17H19NO5/c1-10(9-22-11(2)19)15(20)12-6-7-13-14(8-12)23-17(3,4)16(21)18(13)5/h6-8H,1,9H2,2-5H3. The lowest BCUT2D eigenvalue weighted by Gasteiger charge is -2.37. The summed E-state index contributed by atoms with van der Waals surface area (Å²) < 4.78 is 10.5. The maximum atomic E-state index is 12.3. The Morgan fingerprint density at radius 1 is 1.35 bits per heavy atom. The molecule has 1 aliphatic rings. The summed E-state index contributed by atoms with van der Waals surface area (Å²) in [5.41, 5.74) is 0.119. The number of nitrogens with zero attached hydrogens (tertiary/aromatic N) is 1. The van der Waals surface area contributed by atoms with Crippen LogP contribution in [-0.4, -0.2) is 36.9 Å². The molecule has 1 heterocycles. The van der Waals surface area contributed by atoms with Crippen molar-refractivity contribution in [1.82, 2.24) is 0 Å². The molecule has 0 saturated heterocycles. The van der Waals surface area contributed by atoms with Gasteiger partial charge in [-0.05, 0) is 32.0 Å². The van der Waals surface area contributed by atoms with Gasteiger partial charge in [0.2, 0.25) is 0 Å². The maximum absolute atomic E-state index is 12.3. The van der Waals surface area contributed by atoms with Gasteiger partial charge in [0.15, 0.2) is 11.4 Å². The first-order valence-electron chi connectivity index (χ1n) is 7.10. The lowest BCUT2D eigenvalue weighted by atomic mass is 10.0. The molecule has 1 aromatic rings. The van der Waals surface area contributed by atoms with Gasteiger partial charge >= 0.3 is 5.97 Å². The zero-order valence-electron chi connectivity index (χ0n) is 13.6. The van der Waals surface area contributed by atoms with Crippen molar-refractivity contribution in [2.24, 2.45) is 0 Å². The van der Waals surface area contributed by atoms with Gasteiger partial charge in [0.05, 0.1) is 5.69 Å². The minimum atomic E-state index is -1.00. The number of carbonyl (C=O) groups excluding carboxylic acids is 3. The highest BCUT2D eigenvalue weighted by Crippen LogP contribution is 2.37. The number of amides is 1. The van der Waals surface area contributed by atoms with Gasteiger partial charge in [0.1, 0.15) is 12.4 Å². The first kappa shape index (κ1) is 16.7. The van der Waals surface area contributed by atoms with Crippen molar-refractivity contribution >= 4 is 23.3 Å². The molecule has 0 fully saturated rings. The number of rotatable bonds is 4. The first-order valence-corrected chi connectivity index (χ1v) is 7.10. The molecule has 6 nitrogen and oxygen atoms in total. The van der Waals surface area contributed by atoms with E-state index in [0.717, 1.165) is 0 Å². The van der Waals surface area contributed by atoms with E-state index < -0.39 is 11.6 Å². The molecule has 0 N–H and O–H groups in total. The average Bonchev–Trinajstić information content (AvgIpc) is 2.48. The summed E-state index contributed by atoms with van der Waals surface area (Å²) >= 11 is 0. The van der Waals surface area contributed by atoms with Gasteiger partial charge in [-0.2, -0.15) is 0 Å². The lowest BCUT2D eigenvalue weighted by molar-refractivity contribution is -0.139. The third-order valence-electron chi connectivity index (χ3n) is 3.54. The number of fused-ring (bicyclic) bond motifs is 1. The number of anilines is 1. The van der Waals surface area contributed by atoms with E-state index >= 15 is 0 Å². The zero-order valence-corrected chi connectivity index (χ0v) is 13.6. The van der Waals surface area contributed by atoms with Crippen LogP contribution in [-0.2, 0) is 14.3 Å². The number of ketones is 1. The molecule has 0 bridgehead atoms. The normalized spacial score (nSPS) is 15.5. The smallest absolute Gasteiger partial charge is 0.302 e. The summed E-state index contributed by atoms with van der Waals surface area (Å²) in [5, 5.41) is 0. The van der Waals surface area contributed by atoms with Gasteiger partial charge in [0, 0.05) is 25.1 Å². The molecule has 2 rings (SSSR count). The maximum Gasteiger partial charge on any atom is 0.302 e. The number of likely N-dealkylation sites (N-methyl/N-ethyl adjacent to an activating group) is 1. The van der Waals surface area contributed by atoms with Gasteiger partial charge in [-0.3, -0.25) is 14.4 Å². The van der Waals surface area contributed by atoms with Crippen LogP contribution in [0.25, 0.3) is 0 Å². The zero-order chi connectivity index (χ0) is 17.4. The van der Waals surface area contributed by atoms with E-state index in [2.05, 4.69) is 6.58 Å². The van der Waals surface area contributed by atoms with E-state index in [1.807, 2.05) is 0 Å². The molecule has 0 radical (unpaired) electrons. The number of benzene rings is 1. The molecule has 0 unspecified atom stereocenters. The molecular weight excluding hydrogens is 298 g/mol. The van der Waals surface area contributed by atoms with Crippen molar-refractivity contribution in [1.29, 1.82) is 0 Å². The minimum Gasteiger partial charge on any atom is -0.476 e. The first-order chi connectivity index (χ1) is 10.6. The summed E-state index contributed by atoms with van der Waals surface area (Å²) in [6.45, 7) is 8.08. The molecule has 0 aromatic heterocycles. The van der Waals surface area contributed by atoms with Crippen LogP contribution in [0.4, 0.5) is 5.69 Å². The van der Waals surface area contributed by atoms with E-state index in [9.17, 15) is 14.4 Å². The molecule has 1 aliphatic heterocycles. The summed E-state index contributed by atoms with van der Waals surface area (Å²) in [4.78, 5) is 36.8. The van der Waals surface area contributed by atoms with Gasteiger partial charge in [-0.15, -0.1) is 0 Å². The van der Waals surface area contributed by atoms with Crippen molar-refractivity contribution < 1.29 is 23.9 Å². The number of esters is 1. The Labute approximate surface area is 134 Å². The minimum absolute atomic E-state index is 0.157. The Morgan fingerprint density at radius 3 is 2.61 bits per heavy atom. The summed E-state index contributed by atoms with van der Waals surface area (Å²) in [7, 11) is 1.66. The van der Waals surface area contributed by atoms with Crippen molar-refractivity contribution in [2.45, 2.75) is 26.4 Å². The highest BCUT2D eigenvalue weighted by atomic mass is 16.5. The monoisotopic (exact) mass is 317 g/mol. The predicted molar refractivity (Wildman–Crippen MR) is 84.7 cm³/mol. The Hall–Kier alpha value is -2.63. The highest BCUT2D eigenvalue weighted by Gasteiger charge is 2.39. The molecule has 6 heteroatoms. The fourth-order valence-corrected chi connectivity index (χ4v) is 2.30. The van der Waals surface area contributed by atoms with E-state index in [0.29, 0.717) is 17.0 Å². The second-order valence-corrected chi connectivity index (χ2v) is 5.87.